The Morgan fingerprint density at radius 3 is 2.72 bits per heavy atom. The second-order valence-electron chi connectivity index (χ2n) is 14.4. The monoisotopic (exact) mass is 739 g/mol. The summed E-state index contributed by atoms with van der Waals surface area (Å²) in [5.74, 6) is -0.966. The van der Waals surface area contributed by atoms with Crippen molar-refractivity contribution >= 4 is 39.5 Å². The largest absolute Gasteiger partial charge is 0.508 e. The van der Waals surface area contributed by atoms with E-state index in [4.69, 9.17) is 20.6 Å². The van der Waals surface area contributed by atoms with Crippen molar-refractivity contribution in [3.63, 3.8) is 0 Å². The molecule has 0 saturated carbocycles. The van der Waals surface area contributed by atoms with Gasteiger partial charge in [0, 0.05) is 49.3 Å². The topological polar surface area (TPSA) is 121 Å². The molecule has 0 radical (unpaired) electrons. The number of alkyl halides is 1. The number of hydrogen-bond donors (Lipinski definition) is 1. The molecule has 1 N–H and O–H groups in total. The number of phenols is 1. The Morgan fingerprint density at radius 2 is 1.96 bits per heavy atom. The third kappa shape index (κ3) is 5.58. The molecule has 2 bridgehead atoms. The molecule has 2 aromatic carbocycles. The van der Waals surface area contributed by atoms with Gasteiger partial charge in [0.15, 0.2) is 11.6 Å². The summed E-state index contributed by atoms with van der Waals surface area (Å²) in [4.78, 5) is 36.4. The number of carbonyl (C=O) groups is 1. The Morgan fingerprint density at radius 1 is 1.15 bits per heavy atom. The lowest BCUT2D eigenvalue weighted by atomic mass is 9.95. The van der Waals surface area contributed by atoms with Crippen LogP contribution in [0, 0.1) is 24.0 Å². The number of carbonyl (C=O) groups excluding carboxylic acids is 1. The SMILES string of the molecule is C#Cc1c(F)ccc2cc(O)cc(-c3ncc4c(N5CC6CCC(C5)N6C(=O)/C(F)=C/c5ncco5)nc(OC[C@@]56CCCN5C[C@H](F)C6)nc4c3F)c12. The molecule has 2 unspecified atom stereocenters. The fraction of sp³-hybridized carbons (Fsp3) is 0.359. The molecule has 4 saturated heterocycles. The first-order valence-corrected chi connectivity index (χ1v) is 17.8. The van der Waals surface area contributed by atoms with Crippen LogP contribution in [0.2, 0.25) is 0 Å². The number of halogens is 4. The molecule has 1 amide bonds. The molecule has 5 aromatic rings. The quantitative estimate of drug-likeness (QED) is 0.122. The summed E-state index contributed by atoms with van der Waals surface area (Å²) in [5, 5.41) is 11.4. The van der Waals surface area contributed by atoms with E-state index in [1.807, 2.05) is 4.90 Å². The van der Waals surface area contributed by atoms with Gasteiger partial charge in [-0.2, -0.15) is 9.97 Å². The Hall–Kier alpha value is -5.75. The van der Waals surface area contributed by atoms with Gasteiger partial charge < -0.3 is 24.1 Å². The summed E-state index contributed by atoms with van der Waals surface area (Å²) in [6.45, 7) is 1.63. The van der Waals surface area contributed by atoms with Crippen LogP contribution >= 0.6 is 0 Å². The Labute approximate surface area is 306 Å². The first-order chi connectivity index (χ1) is 26.1. The molecule has 3 aromatic heterocycles. The van der Waals surface area contributed by atoms with E-state index < -0.39 is 47.2 Å². The zero-order valence-electron chi connectivity index (χ0n) is 28.8. The minimum absolute atomic E-state index is 0.0278. The molecule has 15 heteroatoms. The highest BCUT2D eigenvalue weighted by Gasteiger charge is 2.50. The van der Waals surface area contributed by atoms with Crippen LogP contribution in [0.5, 0.6) is 11.8 Å². The van der Waals surface area contributed by atoms with Crippen LogP contribution in [0.1, 0.15) is 43.6 Å². The number of aromatic nitrogens is 4. The number of terminal acetylenes is 1. The standard InChI is InChI=1S/C39H33F4N7O4/c1-2-26-29(41)7-4-21-12-25(51)13-27(32(21)26)34-33(43)35-28(16-45-34)36(47-38(46-35)54-20-39-8-3-10-49(39)17-22(40)15-39)48-18-23-5-6-24(19-48)50(23)37(52)30(42)14-31-44-9-11-53-31/h1,4,7,9,11-14,16,22-24,51H,3,5-6,8,10,15,17-20H2/b30-14-/t22-,23?,24?,39+/m1/s1. The lowest BCUT2D eigenvalue weighted by molar-refractivity contribution is -0.131. The number of oxazole rings is 1. The van der Waals surface area contributed by atoms with Crippen LogP contribution in [-0.2, 0) is 4.79 Å². The maximum atomic E-state index is 17.0. The summed E-state index contributed by atoms with van der Waals surface area (Å²) < 4.78 is 73.0. The molecule has 0 aliphatic carbocycles. The molecule has 9 rings (SSSR count). The Kier molecular flexibility index (Phi) is 8.18. The zero-order chi connectivity index (χ0) is 37.3. The van der Waals surface area contributed by atoms with Gasteiger partial charge in [-0.3, -0.25) is 14.7 Å². The van der Waals surface area contributed by atoms with Crippen LogP contribution in [0.25, 0.3) is 39.0 Å². The summed E-state index contributed by atoms with van der Waals surface area (Å²) in [7, 11) is 0. The predicted octanol–water partition coefficient (Wildman–Crippen LogP) is 5.94. The zero-order valence-corrected chi connectivity index (χ0v) is 28.8. The van der Waals surface area contributed by atoms with Gasteiger partial charge in [0.05, 0.1) is 34.8 Å². The van der Waals surface area contributed by atoms with E-state index in [2.05, 4.69) is 25.8 Å². The number of hydrogen-bond acceptors (Lipinski definition) is 10. The van der Waals surface area contributed by atoms with Crippen molar-refractivity contribution in [1.82, 2.24) is 29.7 Å². The number of rotatable bonds is 7. The van der Waals surface area contributed by atoms with Crippen LogP contribution < -0.4 is 9.64 Å². The summed E-state index contributed by atoms with van der Waals surface area (Å²) in [6, 6.07) is 4.35. The molecule has 4 aliphatic heterocycles. The molecule has 4 atom stereocenters. The molecule has 4 aliphatic rings. The maximum absolute atomic E-state index is 17.0. The first-order valence-electron chi connectivity index (χ1n) is 17.8. The van der Waals surface area contributed by atoms with E-state index in [0.717, 1.165) is 25.5 Å². The highest BCUT2D eigenvalue weighted by Crippen LogP contribution is 2.43. The number of benzene rings is 2. The number of aromatic hydroxyl groups is 1. The molecule has 54 heavy (non-hydrogen) atoms. The molecule has 7 heterocycles. The summed E-state index contributed by atoms with van der Waals surface area (Å²) in [6.07, 6.45) is 12.8. The van der Waals surface area contributed by atoms with E-state index in [9.17, 15) is 18.7 Å². The number of fused-ring (bicyclic) bond motifs is 5. The number of amides is 1. The fourth-order valence-electron chi connectivity index (χ4n) is 8.92. The maximum Gasteiger partial charge on any atom is 0.319 e. The number of pyridine rings is 1. The van der Waals surface area contributed by atoms with Crippen LogP contribution in [0.4, 0.5) is 23.4 Å². The van der Waals surface area contributed by atoms with Crippen molar-refractivity contribution in [3.05, 3.63) is 71.8 Å². The number of anilines is 1. The second kappa shape index (κ2) is 13.0. The average molecular weight is 740 g/mol. The van der Waals surface area contributed by atoms with Gasteiger partial charge in [-0.15, -0.1) is 6.42 Å². The number of piperazine rings is 1. The second-order valence-corrected chi connectivity index (χ2v) is 14.4. The number of phenolic OH excluding ortho intramolecular Hbond substituents is 1. The summed E-state index contributed by atoms with van der Waals surface area (Å²) in [5.41, 5.74) is -0.985. The van der Waals surface area contributed by atoms with E-state index in [1.165, 1.54) is 47.8 Å². The minimum atomic E-state index is -1.00. The summed E-state index contributed by atoms with van der Waals surface area (Å²) >= 11 is 0. The van der Waals surface area contributed by atoms with Crippen molar-refractivity contribution in [2.75, 3.05) is 37.7 Å². The van der Waals surface area contributed by atoms with Crippen molar-refractivity contribution in [2.45, 2.75) is 55.9 Å². The number of nitrogens with zero attached hydrogens (tertiary/aromatic N) is 7. The fourth-order valence-corrected chi connectivity index (χ4v) is 8.92. The van der Waals surface area contributed by atoms with Gasteiger partial charge in [0.1, 0.15) is 47.6 Å². The van der Waals surface area contributed by atoms with Crippen molar-refractivity contribution < 1.29 is 36.6 Å². The Balaban J connectivity index is 1.13. The van der Waals surface area contributed by atoms with E-state index in [0.29, 0.717) is 37.0 Å². The molecule has 11 nitrogen and oxygen atoms in total. The lowest BCUT2D eigenvalue weighted by Crippen LogP contribution is -2.56. The highest BCUT2D eigenvalue weighted by atomic mass is 19.1. The molecule has 276 valence electrons. The normalized spacial score (nSPS) is 24.1. The van der Waals surface area contributed by atoms with Gasteiger partial charge in [0.2, 0.25) is 5.89 Å². The average Bonchev–Trinajstić information content (AvgIpc) is 3.93. The van der Waals surface area contributed by atoms with Gasteiger partial charge in [-0.25, -0.2) is 22.5 Å². The molecule has 0 spiro atoms. The minimum Gasteiger partial charge on any atom is -0.508 e. The Bertz CT molecular complexity index is 2390. The molecular formula is C39H33F4N7O4. The van der Waals surface area contributed by atoms with Gasteiger partial charge in [-0.1, -0.05) is 12.0 Å². The van der Waals surface area contributed by atoms with E-state index >= 15 is 8.78 Å². The van der Waals surface area contributed by atoms with Gasteiger partial charge in [-0.05, 0) is 55.8 Å². The van der Waals surface area contributed by atoms with Gasteiger partial charge in [0.25, 0.3) is 5.91 Å². The third-order valence-corrected chi connectivity index (χ3v) is 11.2. The van der Waals surface area contributed by atoms with Crippen molar-refractivity contribution in [1.29, 1.82) is 0 Å². The van der Waals surface area contributed by atoms with E-state index in [-0.39, 0.29) is 70.5 Å². The third-order valence-electron chi connectivity index (χ3n) is 11.2. The van der Waals surface area contributed by atoms with Crippen LogP contribution in [0.15, 0.2) is 53.2 Å². The smallest absolute Gasteiger partial charge is 0.319 e. The number of ether oxygens (including phenoxy) is 1. The first kappa shape index (κ1) is 34.0. The molecular weight excluding hydrogens is 706 g/mol. The lowest BCUT2D eigenvalue weighted by Gasteiger charge is -2.41. The van der Waals surface area contributed by atoms with Crippen molar-refractivity contribution in [3.8, 4) is 35.4 Å². The van der Waals surface area contributed by atoms with E-state index in [1.54, 1.807) is 0 Å². The highest BCUT2D eigenvalue weighted by molar-refractivity contribution is 6.03. The molecule has 4 fully saturated rings. The van der Waals surface area contributed by atoms with Gasteiger partial charge >= 0.3 is 6.01 Å². The van der Waals surface area contributed by atoms with Crippen LogP contribution in [0.3, 0.4) is 0 Å². The van der Waals surface area contributed by atoms with Crippen molar-refractivity contribution in [2.24, 2.45) is 0 Å². The predicted molar refractivity (Wildman–Crippen MR) is 190 cm³/mol. The van der Waals surface area contributed by atoms with Crippen LogP contribution in [-0.4, -0.2) is 97.3 Å².